The second kappa shape index (κ2) is 12.7. The van der Waals surface area contributed by atoms with E-state index >= 15 is 0 Å². The van der Waals surface area contributed by atoms with Crippen LogP contribution in [0, 0.1) is 17.8 Å². The van der Waals surface area contributed by atoms with Crippen molar-refractivity contribution >= 4 is 29.5 Å². The fourth-order valence-corrected chi connectivity index (χ4v) is 9.61. The average Bonchev–Trinajstić information content (AvgIpc) is 3.53. The van der Waals surface area contributed by atoms with Crippen LogP contribution in [0.5, 0.6) is 0 Å². The minimum absolute atomic E-state index is 0.00583. The Labute approximate surface area is 237 Å². The van der Waals surface area contributed by atoms with Gasteiger partial charge < -0.3 is 24.5 Å². The number of likely N-dealkylation sites (tertiary alicyclic amines) is 1. The Morgan fingerprint density at radius 2 is 1.82 bits per heavy atom. The van der Waals surface area contributed by atoms with Crippen LogP contribution in [0.25, 0.3) is 0 Å². The van der Waals surface area contributed by atoms with E-state index in [0.717, 1.165) is 32.5 Å². The van der Waals surface area contributed by atoms with Crippen LogP contribution in [-0.2, 0) is 19.1 Å². The molecular weight excluding hydrogens is 516 g/mol. The third-order valence-corrected chi connectivity index (χ3v) is 11.1. The van der Waals surface area contributed by atoms with Crippen molar-refractivity contribution in [3.05, 3.63) is 25.3 Å². The van der Waals surface area contributed by atoms with Gasteiger partial charge in [-0.3, -0.25) is 19.3 Å². The number of carbonyl (C=O) groups excluding carboxylic acids is 3. The first-order valence-electron chi connectivity index (χ1n) is 14.5. The van der Waals surface area contributed by atoms with Crippen molar-refractivity contribution in [1.82, 2.24) is 19.6 Å². The van der Waals surface area contributed by atoms with Gasteiger partial charge in [0.05, 0.1) is 42.4 Å². The first-order valence-corrected chi connectivity index (χ1v) is 15.3. The van der Waals surface area contributed by atoms with E-state index in [2.05, 4.69) is 25.0 Å². The molecule has 4 aliphatic heterocycles. The average molecular weight is 563 g/mol. The van der Waals surface area contributed by atoms with Crippen molar-refractivity contribution < 1.29 is 24.2 Å². The molecule has 9 nitrogen and oxygen atoms in total. The van der Waals surface area contributed by atoms with E-state index in [1.165, 1.54) is 0 Å². The lowest BCUT2D eigenvalue weighted by molar-refractivity contribution is -0.146. The number of thioether (sulfide) groups is 1. The molecule has 10 heteroatoms. The highest BCUT2D eigenvalue weighted by Gasteiger charge is 2.76. The summed E-state index contributed by atoms with van der Waals surface area (Å²) in [6, 6.07) is -1.26. The number of amides is 3. The van der Waals surface area contributed by atoms with Crippen LogP contribution < -0.4 is 0 Å². The summed E-state index contributed by atoms with van der Waals surface area (Å²) in [5.41, 5.74) is 0. The lowest BCUT2D eigenvalue weighted by Crippen LogP contribution is -2.59. The smallest absolute Gasteiger partial charge is 0.247 e. The molecule has 4 aliphatic rings. The van der Waals surface area contributed by atoms with Crippen molar-refractivity contribution in [2.24, 2.45) is 17.8 Å². The fraction of sp³-hybridized carbons (Fsp3) is 0.759. The number of ether oxygens (including phenoxy) is 1. The summed E-state index contributed by atoms with van der Waals surface area (Å²) in [6.45, 7) is 19.1. The zero-order chi connectivity index (χ0) is 28.3. The molecule has 39 heavy (non-hydrogen) atoms. The highest BCUT2D eigenvalue weighted by Crippen LogP contribution is 2.69. The number of fused-ring (bicyclic) bond motifs is 1. The van der Waals surface area contributed by atoms with Gasteiger partial charge in [0, 0.05) is 51.1 Å². The standard InChI is InChI=1S/C29H46N4O5S/c1-6-9-31(10-7-2)26(35)23-22-18-20(4)29(39-22)24(23)27(36)33(21(5)19-34)25(29)28(37)32(11-8-3)13-12-30-14-16-38-17-15-30/h6,8,20-25,34H,1,3,7,9-19H2,2,4-5H3/t20?,21-,22-,23+,24+,25?,29?/m1/s1. The molecule has 4 heterocycles. The SMILES string of the molecule is C=CCN(CCN1CCOCC1)C(=O)C1N([C@H](C)CO)C(=O)[C@@H]2[C@@H](C(=O)N(CC=C)CCC)[C@H]3CC(C)C12S3. The molecule has 0 aromatic heterocycles. The van der Waals surface area contributed by atoms with E-state index in [0.29, 0.717) is 39.4 Å². The van der Waals surface area contributed by atoms with Crippen molar-refractivity contribution in [1.29, 1.82) is 0 Å². The number of aliphatic hydroxyl groups excluding tert-OH is 1. The third kappa shape index (κ3) is 5.29. The lowest BCUT2D eigenvalue weighted by Gasteiger charge is -2.42. The number of nitrogens with zero attached hydrogens (tertiary/aromatic N) is 4. The van der Waals surface area contributed by atoms with Gasteiger partial charge in [-0.2, -0.15) is 0 Å². The summed E-state index contributed by atoms with van der Waals surface area (Å²) in [5.74, 6) is -1.26. The van der Waals surface area contributed by atoms with Crippen LogP contribution in [0.3, 0.4) is 0 Å². The van der Waals surface area contributed by atoms with Crippen LogP contribution in [0.4, 0.5) is 0 Å². The molecule has 1 spiro atoms. The van der Waals surface area contributed by atoms with Crippen molar-refractivity contribution in [2.75, 3.05) is 65.6 Å². The minimum atomic E-state index is -0.733. The Morgan fingerprint density at radius 3 is 2.41 bits per heavy atom. The quantitative estimate of drug-likeness (QED) is 0.340. The van der Waals surface area contributed by atoms with E-state index in [9.17, 15) is 19.5 Å². The van der Waals surface area contributed by atoms with Gasteiger partial charge in [0.2, 0.25) is 17.7 Å². The van der Waals surface area contributed by atoms with Crippen molar-refractivity contribution in [2.45, 2.75) is 55.7 Å². The van der Waals surface area contributed by atoms with Crippen LogP contribution in [0.15, 0.2) is 25.3 Å². The number of aliphatic hydroxyl groups is 1. The maximum atomic E-state index is 14.5. The summed E-state index contributed by atoms with van der Waals surface area (Å²) in [7, 11) is 0. The predicted molar refractivity (Wildman–Crippen MR) is 153 cm³/mol. The highest BCUT2D eigenvalue weighted by molar-refractivity contribution is 8.02. The number of hydrogen-bond acceptors (Lipinski definition) is 7. The second-order valence-electron chi connectivity index (χ2n) is 11.4. The monoisotopic (exact) mass is 562 g/mol. The molecule has 3 unspecified atom stereocenters. The third-order valence-electron chi connectivity index (χ3n) is 9.05. The maximum Gasteiger partial charge on any atom is 0.247 e. The number of carbonyl (C=O) groups is 3. The molecule has 3 amide bonds. The molecule has 1 N–H and O–H groups in total. The van der Waals surface area contributed by atoms with Gasteiger partial charge in [-0.25, -0.2) is 0 Å². The largest absolute Gasteiger partial charge is 0.394 e. The highest BCUT2D eigenvalue weighted by atomic mass is 32.2. The van der Waals surface area contributed by atoms with E-state index in [1.54, 1.807) is 35.7 Å². The Morgan fingerprint density at radius 1 is 1.18 bits per heavy atom. The number of hydrogen-bond donors (Lipinski definition) is 1. The summed E-state index contributed by atoms with van der Waals surface area (Å²) >= 11 is 1.68. The predicted octanol–water partition coefficient (Wildman–Crippen LogP) is 1.48. The van der Waals surface area contributed by atoms with E-state index in [1.807, 2.05) is 16.7 Å². The van der Waals surface area contributed by atoms with Gasteiger partial charge in [-0.05, 0) is 25.7 Å². The minimum Gasteiger partial charge on any atom is -0.394 e. The molecule has 7 atom stereocenters. The number of morpholine rings is 1. The molecule has 2 bridgehead atoms. The molecule has 0 radical (unpaired) electrons. The molecule has 4 saturated heterocycles. The summed E-state index contributed by atoms with van der Waals surface area (Å²) < 4.78 is 4.77. The maximum absolute atomic E-state index is 14.5. The van der Waals surface area contributed by atoms with Crippen LogP contribution in [-0.4, -0.2) is 130 Å². The Balaban J connectivity index is 1.69. The second-order valence-corrected chi connectivity index (χ2v) is 13.0. The van der Waals surface area contributed by atoms with Crippen molar-refractivity contribution in [3.63, 3.8) is 0 Å². The van der Waals surface area contributed by atoms with E-state index in [-0.39, 0.29) is 35.5 Å². The molecule has 0 aromatic rings. The first kappa shape index (κ1) is 30.1. The van der Waals surface area contributed by atoms with Crippen LogP contribution in [0.1, 0.15) is 33.6 Å². The fourth-order valence-electron chi connectivity index (χ4n) is 7.22. The van der Waals surface area contributed by atoms with Crippen LogP contribution in [0.2, 0.25) is 0 Å². The summed E-state index contributed by atoms with van der Waals surface area (Å²) in [5, 5.41) is 10.2. The normalized spacial score (nSPS) is 32.7. The molecule has 4 rings (SSSR count). The summed E-state index contributed by atoms with van der Waals surface area (Å²) in [4.78, 5) is 50.3. The van der Waals surface area contributed by atoms with E-state index in [4.69, 9.17) is 4.74 Å². The van der Waals surface area contributed by atoms with Crippen LogP contribution >= 0.6 is 11.8 Å². The molecule has 0 aromatic carbocycles. The molecule has 218 valence electrons. The zero-order valence-electron chi connectivity index (χ0n) is 23.8. The lowest BCUT2D eigenvalue weighted by atomic mass is 9.65. The van der Waals surface area contributed by atoms with Gasteiger partial charge in [0.25, 0.3) is 0 Å². The molecule has 0 saturated carbocycles. The van der Waals surface area contributed by atoms with Crippen molar-refractivity contribution in [3.8, 4) is 0 Å². The number of rotatable bonds is 13. The first-order chi connectivity index (χ1) is 18.8. The Hall–Kier alpha value is -1.88. The van der Waals surface area contributed by atoms with Gasteiger partial charge in [0.1, 0.15) is 6.04 Å². The van der Waals surface area contributed by atoms with Gasteiger partial charge >= 0.3 is 0 Å². The van der Waals surface area contributed by atoms with Gasteiger partial charge in [0.15, 0.2) is 0 Å². The summed E-state index contributed by atoms with van der Waals surface area (Å²) in [6.07, 6.45) is 5.07. The van der Waals surface area contributed by atoms with Gasteiger partial charge in [-0.15, -0.1) is 24.9 Å². The van der Waals surface area contributed by atoms with E-state index < -0.39 is 28.7 Å². The Bertz CT molecular complexity index is 943. The molecule has 4 fully saturated rings. The molecule has 0 aliphatic carbocycles. The zero-order valence-corrected chi connectivity index (χ0v) is 24.6. The Kier molecular flexibility index (Phi) is 9.83. The topological polar surface area (TPSA) is 93.6 Å². The van der Waals surface area contributed by atoms with Gasteiger partial charge in [-0.1, -0.05) is 26.0 Å². The molecular formula is C29H46N4O5S.